The Bertz CT molecular complexity index is 432. The maximum atomic E-state index is 6.05. The van der Waals surface area contributed by atoms with Crippen molar-refractivity contribution in [3.63, 3.8) is 0 Å². The number of hydrogen-bond acceptors (Lipinski definition) is 2. The lowest BCUT2D eigenvalue weighted by Crippen LogP contribution is -2.16. The molecule has 0 radical (unpaired) electrons. The maximum absolute atomic E-state index is 6.05. The van der Waals surface area contributed by atoms with E-state index in [2.05, 4.69) is 15.3 Å². The van der Waals surface area contributed by atoms with Crippen LogP contribution in [0.15, 0.2) is 36.8 Å². The van der Waals surface area contributed by atoms with Crippen molar-refractivity contribution in [3.05, 3.63) is 53.1 Å². The van der Waals surface area contributed by atoms with Crippen LogP contribution >= 0.6 is 36.4 Å². The first-order chi connectivity index (χ1) is 7.86. The molecule has 0 unspecified atom stereocenters. The average Bonchev–Trinajstić information content (AvgIpc) is 2.79. The quantitative estimate of drug-likeness (QED) is 0.833. The third kappa shape index (κ3) is 5.27. The molecule has 0 amide bonds. The average molecular weight is 309 g/mol. The molecule has 18 heavy (non-hydrogen) atoms. The maximum Gasteiger partial charge on any atom is 0.0921 e. The number of hydrogen-bond donors (Lipinski definition) is 2. The summed E-state index contributed by atoms with van der Waals surface area (Å²) in [4.78, 5) is 7.04. The molecule has 0 atom stereocenters. The molecule has 100 valence electrons. The highest BCUT2D eigenvalue weighted by Crippen LogP contribution is 2.14. The first-order valence-corrected chi connectivity index (χ1v) is 5.65. The summed E-state index contributed by atoms with van der Waals surface area (Å²) >= 11 is 6.05. The summed E-state index contributed by atoms with van der Waals surface area (Å²) in [6, 6.07) is 7.88. The van der Waals surface area contributed by atoms with Crippen LogP contribution in [0.2, 0.25) is 5.02 Å². The Labute approximate surface area is 124 Å². The zero-order valence-electron chi connectivity index (χ0n) is 9.73. The summed E-state index contributed by atoms with van der Waals surface area (Å²) in [5.41, 5.74) is 2.28. The van der Waals surface area contributed by atoms with Gasteiger partial charge >= 0.3 is 0 Å². The van der Waals surface area contributed by atoms with Crippen molar-refractivity contribution in [2.75, 3.05) is 6.54 Å². The summed E-state index contributed by atoms with van der Waals surface area (Å²) in [6.07, 6.45) is 4.49. The fourth-order valence-corrected chi connectivity index (χ4v) is 1.71. The van der Waals surface area contributed by atoms with Gasteiger partial charge in [-0.25, -0.2) is 4.98 Å². The van der Waals surface area contributed by atoms with Crippen LogP contribution in [0.25, 0.3) is 0 Å². The molecule has 3 nitrogen and oxygen atoms in total. The summed E-state index contributed by atoms with van der Waals surface area (Å²) in [5, 5.41) is 4.16. The van der Waals surface area contributed by atoms with Gasteiger partial charge in [-0.05, 0) is 11.6 Å². The van der Waals surface area contributed by atoms with Crippen molar-refractivity contribution in [1.29, 1.82) is 0 Å². The van der Waals surface area contributed by atoms with Crippen LogP contribution in [0.4, 0.5) is 0 Å². The molecule has 0 aliphatic heterocycles. The Morgan fingerprint density at radius 2 is 2.00 bits per heavy atom. The first-order valence-electron chi connectivity index (χ1n) is 5.27. The molecular formula is C12H16Cl3N3. The van der Waals surface area contributed by atoms with Crippen LogP contribution in [-0.4, -0.2) is 16.5 Å². The lowest BCUT2D eigenvalue weighted by Gasteiger charge is -2.05. The normalized spacial score (nSPS) is 9.39. The van der Waals surface area contributed by atoms with E-state index in [4.69, 9.17) is 11.6 Å². The van der Waals surface area contributed by atoms with Crippen molar-refractivity contribution in [1.82, 2.24) is 15.3 Å². The Morgan fingerprint density at radius 3 is 2.67 bits per heavy atom. The van der Waals surface area contributed by atoms with Gasteiger partial charge in [0.15, 0.2) is 0 Å². The van der Waals surface area contributed by atoms with E-state index in [0.717, 1.165) is 35.8 Å². The smallest absolute Gasteiger partial charge is 0.0921 e. The van der Waals surface area contributed by atoms with Crippen molar-refractivity contribution in [2.45, 2.75) is 13.0 Å². The largest absolute Gasteiger partial charge is 0.348 e. The van der Waals surface area contributed by atoms with Gasteiger partial charge in [-0.3, -0.25) is 0 Å². The molecule has 2 N–H and O–H groups in total. The molecule has 0 saturated heterocycles. The van der Waals surface area contributed by atoms with E-state index < -0.39 is 0 Å². The predicted molar refractivity (Wildman–Crippen MR) is 79.9 cm³/mol. The molecule has 6 heteroatoms. The fraction of sp³-hybridized carbons (Fsp3) is 0.250. The van der Waals surface area contributed by atoms with Gasteiger partial charge in [0.05, 0.1) is 6.33 Å². The number of benzene rings is 1. The topological polar surface area (TPSA) is 40.7 Å². The van der Waals surface area contributed by atoms with Gasteiger partial charge in [-0.1, -0.05) is 29.8 Å². The highest BCUT2D eigenvalue weighted by atomic mass is 35.5. The minimum atomic E-state index is 0. The Hall–Kier alpha value is -0.740. The second-order valence-corrected chi connectivity index (χ2v) is 4.00. The van der Waals surface area contributed by atoms with Gasteiger partial charge in [-0.15, -0.1) is 24.8 Å². The van der Waals surface area contributed by atoms with Gasteiger partial charge in [-0.2, -0.15) is 0 Å². The number of H-pyrrole nitrogens is 1. The Morgan fingerprint density at radius 1 is 1.22 bits per heavy atom. The number of nitrogens with one attached hydrogen (secondary N) is 2. The van der Waals surface area contributed by atoms with Gasteiger partial charge in [0, 0.05) is 36.4 Å². The third-order valence-electron chi connectivity index (χ3n) is 2.40. The van der Waals surface area contributed by atoms with E-state index in [0.29, 0.717) is 0 Å². The fourth-order valence-electron chi connectivity index (χ4n) is 1.51. The number of imidazole rings is 1. The van der Waals surface area contributed by atoms with Gasteiger partial charge < -0.3 is 10.3 Å². The Kier molecular flexibility index (Phi) is 8.85. The predicted octanol–water partition coefficient (Wildman–Crippen LogP) is 3.24. The molecule has 0 spiro atoms. The zero-order valence-corrected chi connectivity index (χ0v) is 12.1. The van der Waals surface area contributed by atoms with Crippen LogP contribution in [0, 0.1) is 0 Å². The van der Waals surface area contributed by atoms with Crippen molar-refractivity contribution < 1.29 is 0 Å². The number of nitrogens with zero attached hydrogens (tertiary/aromatic N) is 1. The van der Waals surface area contributed by atoms with E-state index in [1.807, 2.05) is 30.5 Å². The summed E-state index contributed by atoms with van der Waals surface area (Å²) in [5.74, 6) is 0. The highest BCUT2D eigenvalue weighted by Gasteiger charge is 1.98. The molecule has 1 aromatic carbocycles. The second kappa shape index (κ2) is 9.22. The van der Waals surface area contributed by atoms with E-state index in [-0.39, 0.29) is 24.8 Å². The molecule has 1 aromatic heterocycles. The lowest BCUT2D eigenvalue weighted by atomic mass is 10.2. The monoisotopic (exact) mass is 307 g/mol. The SMILES string of the molecule is Cl.Cl.Clc1ccccc1CNCCc1cnc[nH]1. The van der Waals surface area contributed by atoms with Crippen molar-refractivity contribution in [2.24, 2.45) is 0 Å². The summed E-state index contributed by atoms with van der Waals surface area (Å²) < 4.78 is 0. The van der Waals surface area contributed by atoms with Crippen LogP contribution in [0.1, 0.15) is 11.3 Å². The number of aromatic nitrogens is 2. The van der Waals surface area contributed by atoms with Gasteiger partial charge in [0.2, 0.25) is 0 Å². The molecule has 0 fully saturated rings. The molecule has 0 aliphatic carbocycles. The molecule has 2 rings (SSSR count). The van der Waals surface area contributed by atoms with Crippen LogP contribution < -0.4 is 5.32 Å². The molecule has 2 aromatic rings. The van der Waals surface area contributed by atoms with Crippen LogP contribution in [0.3, 0.4) is 0 Å². The van der Waals surface area contributed by atoms with E-state index in [9.17, 15) is 0 Å². The summed E-state index contributed by atoms with van der Waals surface area (Å²) in [6.45, 7) is 1.71. The van der Waals surface area contributed by atoms with Gasteiger partial charge in [0.1, 0.15) is 0 Å². The first kappa shape index (κ1) is 17.3. The highest BCUT2D eigenvalue weighted by molar-refractivity contribution is 6.31. The zero-order chi connectivity index (χ0) is 11.2. The number of halogens is 3. The second-order valence-electron chi connectivity index (χ2n) is 3.60. The standard InChI is InChI=1S/C12H14ClN3.2ClH/c13-12-4-2-1-3-10(12)7-14-6-5-11-8-15-9-16-11;;/h1-4,8-9,14H,5-7H2,(H,15,16);2*1H. The molecular weight excluding hydrogens is 293 g/mol. The van der Waals surface area contributed by atoms with E-state index in [1.165, 1.54) is 0 Å². The van der Waals surface area contributed by atoms with Crippen LogP contribution in [0.5, 0.6) is 0 Å². The van der Waals surface area contributed by atoms with E-state index >= 15 is 0 Å². The third-order valence-corrected chi connectivity index (χ3v) is 2.77. The minimum absolute atomic E-state index is 0. The Balaban J connectivity index is 0.00000144. The minimum Gasteiger partial charge on any atom is -0.348 e. The number of aromatic amines is 1. The molecule has 0 bridgehead atoms. The van der Waals surface area contributed by atoms with Crippen molar-refractivity contribution >= 4 is 36.4 Å². The number of rotatable bonds is 5. The van der Waals surface area contributed by atoms with Crippen LogP contribution in [-0.2, 0) is 13.0 Å². The van der Waals surface area contributed by atoms with Crippen molar-refractivity contribution in [3.8, 4) is 0 Å². The molecule has 0 aliphatic rings. The van der Waals surface area contributed by atoms with Gasteiger partial charge in [0.25, 0.3) is 0 Å². The summed E-state index contributed by atoms with van der Waals surface area (Å²) in [7, 11) is 0. The van der Waals surface area contributed by atoms with E-state index in [1.54, 1.807) is 6.33 Å². The lowest BCUT2D eigenvalue weighted by molar-refractivity contribution is 0.681. The molecule has 0 saturated carbocycles. The molecule has 1 heterocycles.